The van der Waals surface area contributed by atoms with E-state index in [1.165, 1.54) is 29.2 Å². The Bertz CT molecular complexity index is 797. The zero-order valence-corrected chi connectivity index (χ0v) is 14.8. The van der Waals surface area contributed by atoms with Gasteiger partial charge in [0.2, 0.25) is 5.91 Å². The van der Waals surface area contributed by atoms with Gasteiger partial charge in [0.15, 0.2) is 0 Å². The summed E-state index contributed by atoms with van der Waals surface area (Å²) in [6, 6.07) is 12.4. The van der Waals surface area contributed by atoms with Crippen LogP contribution >= 0.6 is 0 Å². The Morgan fingerprint density at radius 1 is 1.22 bits per heavy atom. The highest BCUT2D eigenvalue weighted by atomic mass is 16.6. The Morgan fingerprint density at radius 2 is 1.96 bits per heavy atom. The van der Waals surface area contributed by atoms with Crippen molar-refractivity contribution in [1.29, 1.82) is 0 Å². The fourth-order valence-electron chi connectivity index (χ4n) is 3.00. The van der Waals surface area contributed by atoms with E-state index in [9.17, 15) is 14.9 Å². The summed E-state index contributed by atoms with van der Waals surface area (Å²) in [4.78, 5) is 23.8. The van der Waals surface area contributed by atoms with Crippen LogP contribution in [-0.2, 0) is 9.53 Å². The van der Waals surface area contributed by atoms with Crippen LogP contribution in [0.2, 0.25) is 0 Å². The molecule has 1 aromatic carbocycles. The Labute approximate surface area is 156 Å². The Hall–Kier alpha value is -2.97. The maximum atomic E-state index is 12.4. The first kappa shape index (κ1) is 18.8. The fraction of sp³-hybridized carbons (Fsp3) is 0.316. The molecule has 0 saturated carbocycles. The van der Waals surface area contributed by atoms with E-state index in [-0.39, 0.29) is 23.6 Å². The minimum atomic E-state index is -0.617. The van der Waals surface area contributed by atoms with Crippen LogP contribution in [0.3, 0.4) is 0 Å². The molecule has 8 nitrogen and oxygen atoms in total. The van der Waals surface area contributed by atoms with Crippen molar-refractivity contribution in [3.63, 3.8) is 0 Å². The molecule has 2 N–H and O–H groups in total. The monoisotopic (exact) mass is 372 g/mol. The lowest BCUT2D eigenvalue weighted by atomic mass is 10.1. The number of amides is 1. The number of nitro groups is 1. The molecule has 0 spiro atoms. The number of rotatable bonds is 7. The maximum Gasteiger partial charge on any atom is 0.433 e. The van der Waals surface area contributed by atoms with Crippen LogP contribution in [0.5, 0.6) is 0 Å². The van der Waals surface area contributed by atoms with E-state index in [0.29, 0.717) is 0 Å². The molecule has 0 bridgehead atoms. The summed E-state index contributed by atoms with van der Waals surface area (Å²) in [5.41, 5.74) is 1.03. The molecule has 2 aromatic rings. The second kappa shape index (κ2) is 9.11. The van der Waals surface area contributed by atoms with Gasteiger partial charge in [0.1, 0.15) is 36.4 Å². The molecule has 0 unspecified atom stereocenters. The summed E-state index contributed by atoms with van der Waals surface area (Å²) in [6.07, 6.45) is 2.75. The van der Waals surface area contributed by atoms with Gasteiger partial charge in [-0.05, 0) is 17.7 Å². The molecule has 142 valence electrons. The van der Waals surface area contributed by atoms with Gasteiger partial charge in [-0.3, -0.25) is 14.9 Å². The summed E-state index contributed by atoms with van der Waals surface area (Å²) in [6.45, 7) is 4.03. The normalized spacial score (nSPS) is 16.3. The lowest BCUT2D eigenvalue weighted by molar-refractivity contribution is -0.909. The third-order valence-electron chi connectivity index (χ3n) is 4.40. The van der Waals surface area contributed by atoms with E-state index in [1.54, 1.807) is 0 Å². The lowest BCUT2D eigenvalue weighted by Crippen LogP contribution is -3.14. The van der Waals surface area contributed by atoms with Crippen LogP contribution in [0.25, 0.3) is 6.08 Å². The van der Waals surface area contributed by atoms with Gasteiger partial charge < -0.3 is 19.4 Å². The molecule has 27 heavy (non-hydrogen) atoms. The molecule has 0 radical (unpaired) electrons. The van der Waals surface area contributed by atoms with Gasteiger partial charge in [-0.2, -0.15) is 0 Å². The molecule has 1 aromatic heterocycles. The quantitative estimate of drug-likeness (QED) is 0.429. The number of benzene rings is 1. The Morgan fingerprint density at radius 3 is 2.63 bits per heavy atom. The molecule has 8 heteroatoms. The van der Waals surface area contributed by atoms with E-state index >= 15 is 0 Å². The molecule has 3 rings (SSSR count). The highest BCUT2D eigenvalue weighted by Gasteiger charge is 2.22. The highest BCUT2D eigenvalue weighted by Crippen LogP contribution is 2.17. The minimum Gasteiger partial charge on any atom is -0.401 e. The first-order chi connectivity index (χ1) is 13.1. The molecule has 1 aliphatic rings. The number of hydrogen-bond donors (Lipinski definition) is 2. The van der Waals surface area contributed by atoms with Gasteiger partial charge in [-0.25, -0.2) is 0 Å². The topological polar surface area (TPSA) is 99.0 Å². The number of quaternary nitrogens is 1. The average molecular weight is 372 g/mol. The van der Waals surface area contributed by atoms with Gasteiger partial charge in [0.25, 0.3) is 0 Å². The molecule has 1 aliphatic heterocycles. The second-order valence-corrected chi connectivity index (χ2v) is 6.30. The van der Waals surface area contributed by atoms with Crippen molar-refractivity contribution in [2.75, 3.05) is 32.8 Å². The van der Waals surface area contributed by atoms with E-state index < -0.39 is 4.92 Å². The largest absolute Gasteiger partial charge is 0.433 e. The first-order valence-electron chi connectivity index (χ1n) is 8.81. The molecule has 1 amide bonds. The Kier molecular flexibility index (Phi) is 6.35. The molecular weight excluding hydrogens is 350 g/mol. The van der Waals surface area contributed by atoms with Gasteiger partial charge >= 0.3 is 5.88 Å². The van der Waals surface area contributed by atoms with Crippen molar-refractivity contribution in [1.82, 2.24) is 5.32 Å². The van der Waals surface area contributed by atoms with Crippen molar-refractivity contribution >= 4 is 17.9 Å². The van der Waals surface area contributed by atoms with Crippen molar-refractivity contribution in [3.8, 4) is 0 Å². The number of hydrogen-bond acceptors (Lipinski definition) is 5. The van der Waals surface area contributed by atoms with Gasteiger partial charge in [-0.1, -0.05) is 30.3 Å². The number of morpholine rings is 1. The van der Waals surface area contributed by atoms with Gasteiger partial charge in [0, 0.05) is 6.08 Å². The number of carbonyl (C=O) groups is 1. The van der Waals surface area contributed by atoms with Crippen LogP contribution in [0.15, 0.2) is 53.0 Å². The zero-order chi connectivity index (χ0) is 19.1. The predicted molar refractivity (Wildman–Crippen MR) is 98.1 cm³/mol. The summed E-state index contributed by atoms with van der Waals surface area (Å²) < 4.78 is 10.4. The smallest absolute Gasteiger partial charge is 0.401 e. The van der Waals surface area contributed by atoms with Crippen LogP contribution in [0.1, 0.15) is 17.4 Å². The highest BCUT2D eigenvalue weighted by molar-refractivity contribution is 5.91. The maximum absolute atomic E-state index is 12.4. The van der Waals surface area contributed by atoms with Crippen LogP contribution < -0.4 is 10.2 Å². The molecule has 1 atom stereocenters. The van der Waals surface area contributed by atoms with E-state index in [1.807, 2.05) is 30.3 Å². The van der Waals surface area contributed by atoms with E-state index in [0.717, 1.165) is 38.4 Å². The van der Waals surface area contributed by atoms with Crippen LogP contribution in [-0.4, -0.2) is 43.7 Å². The number of nitrogens with zero attached hydrogens (tertiary/aromatic N) is 1. The third kappa shape index (κ3) is 5.50. The lowest BCUT2D eigenvalue weighted by Gasteiger charge is -2.28. The van der Waals surface area contributed by atoms with Gasteiger partial charge in [0.05, 0.1) is 19.3 Å². The van der Waals surface area contributed by atoms with Crippen molar-refractivity contribution < 1.29 is 23.8 Å². The number of ether oxygens (including phenoxy) is 1. The van der Waals surface area contributed by atoms with Gasteiger partial charge in [-0.15, -0.1) is 0 Å². The minimum absolute atomic E-state index is 0.137. The predicted octanol–water partition coefficient (Wildman–Crippen LogP) is 0.974. The number of nitrogens with one attached hydrogen (secondary N) is 2. The van der Waals surface area contributed by atoms with Crippen molar-refractivity contribution in [2.24, 2.45) is 0 Å². The van der Waals surface area contributed by atoms with Crippen molar-refractivity contribution in [2.45, 2.75) is 6.04 Å². The zero-order valence-electron chi connectivity index (χ0n) is 14.8. The molecule has 1 fully saturated rings. The van der Waals surface area contributed by atoms with Crippen LogP contribution in [0.4, 0.5) is 5.88 Å². The summed E-state index contributed by atoms with van der Waals surface area (Å²) in [5, 5.41) is 13.7. The summed E-state index contributed by atoms with van der Waals surface area (Å²) in [5.74, 6) is -0.379. The van der Waals surface area contributed by atoms with Crippen LogP contribution in [0, 0.1) is 10.1 Å². The molecule has 0 aliphatic carbocycles. The summed E-state index contributed by atoms with van der Waals surface area (Å²) >= 11 is 0. The standard InChI is InChI=1S/C19H21N3O5/c23-18(8-6-16-7-9-19(27-16)22(24)25)20-17(15-4-2-1-3-5-15)14-21-10-12-26-13-11-21/h1-9,17H,10-14H2,(H,20,23)/p+1/b8-6+/t17-/m1/s1. The second-order valence-electron chi connectivity index (χ2n) is 6.30. The fourth-order valence-corrected chi connectivity index (χ4v) is 3.00. The SMILES string of the molecule is O=C(/C=C/c1ccc([N+](=O)[O-])o1)N[C@H](C[NH+]1CCOCC1)c1ccccc1. The molecule has 2 heterocycles. The van der Waals surface area contributed by atoms with E-state index in [4.69, 9.17) is 9.15 Å². The Balaban J connectivity index is 1.65. The third-order valence-corrected chi connectivity index (χ3v) is 4.40. The molecular formula is C19H22N3O5+. The van der Waals surface area contributed by atoms with E-state index in [2.05, 4.69) is 5.32 Å². The molecule has 1 saturated heterocycles. The number of carbonyl (C=O) groups excluding carboxylic acids is 1. The average Bonchev–Trinajstić information content (AvgIpc) is 3.17. The number of furan rings is 1. The summed E-state index contributed by atoms with van der Waals surface area (Å²) in [7, 11) is 0. The van der Waals surface area contributed by atoms with Crippen molar-refractivity contribution in [3.05, 3.63) is 70.0 Å². The first-order valence-corrected chi connectivity index (χ1v) is 8.81.